The maximum Gasteiger partial charge on any atom is 0.258 e. The van der Waals surface area contributed by atoms with E-state index >= 15 is 0 Å². The lowest BCUT2D eigenvalue weighted by Crippen LogP contribution is -2.54. The molecule has 6 nitrogen and oxygen atoms in total. The van der Waals surface area contributed by atoms with Crippen molar-refractivity contribution in [3.8, 4) is 0 Å². The van der Waals surface area contributed by atoms with E-state index in [0.29, 0.717) is 31.5 Å². The summed E-state index contributed by atoms with van der Waals surface area (Å²) in [6, 6.07) is 28.9. The molecule has 3 amide bonds. The molecule has 1 heterocycles. The van der Waals surface area contributed by atoms with Crippen molar-refractivity contribution in [2.45, 2.75) is 65.1 Å². The van der Waals surface area contributed by atoms with E-state index in [1.807, 2.05) is 113 Å². The molecule has 1 N–H and O–H groups in total. The number of hydrogen-bond donors (Lipinski definition) is 1. The van der Waals surface area contributed by atoms with Crippen molar-refractivity contribution in [1.82, 2.24) is 10.2 Å². The van der Waals surface area contributed by atoms with Crippen LogP contribution in [0.1, 0.15) is 60.7 Å². The molecule has 0 saturated heterocycles. The third-order valence-corrected chi connectivity index (χ3v) is 7.63. The molecule has 5 rings (SSSR count). The van der Waals surface area contributed by atoms with Gasteiger partial charge >= 0.3 is 0 Å². The predicted octanol–water partition coefficient (Wildman–Crippen LogP) is 6.44. The molecule has 1 aliphatic heterocycles. The molecule has 4 aromatic rings. The Morgan fingerprint density at radius 1 is 0.881 bits per heavy atom. The number of carbonyl (C=O) groups is 3. The van der Waals surface area contributed by atoms with E-state index in [4.69, 9.17) is 0 Å². The third-order valence-electron chi connectivity index (χ3n) is 7.63. The summed E-state index contributed by atoms with van der Waals surface area (Å²) in [6.45, 7) is 8.61. The molecule has 6 heteroatoms. The number of anilines is 1. The van der Waals surface area contributed by atoms with Crippen molar-refractivity contribution in [3.05, 3.63) is 113 Å². The van der Waals surface area contributed by atoms with Crippen molar-refractivity contribution in [2.75, 3.05) is 11.4 Å². The topological polar surface area (TPSA) is 69.7 Å². The maximum atomic E-state index is 14.0. The minimum atomic E-state index is -0.689. The molecule has 0 radical (unpaired) electrons. The van der Waals surface area contributed by atoms with Crippen LogP contribution in [0.25, 0.3) is 10.8 Å². The van der Waals surface area contributed by atoms with Crippen LogP contribution in [0.5, 0.6) is 0 Å². The second kappa shape index (κ2) is 12.2. The van der Waals surface area contributed by atoms with Crippen LogP contribution < -0.4 is 10.2 Å². The minimum absolute atomic E-state index is 0.0302. The van der Waals surface area contributed by atoms with Crippen LogP contribution in [0.4, 0.5) is 5.69 Å². The maximum absolute atomic E-state index is 14.0. The van der Waals surface area contributed by atoms with Crippen molar-refractivity contribution in [3.63, 3.8) is 0 Å². The van der Waals surface area contributed by atoms with Gasteiger partial charge in [0.1, 0.15) is 6.04 Å². The average molecular weight is 562 g/mol. The molecular formula is C36H39N3O3. The summed E-state index contributed by atoms with van der Waals surface area (Å²) in [5.74, 6) is -0.314. The van der Waals surface area contributed by atoms with Gasteiger partial charge in [0, 0.05) is 42.4 Å². The van der Waals surface area contributed by atoms with Crippen molar-refractivity contribution in [2.24, 2.45) is 0 Å². The summed E-state index contributed by atoms with van der Waals surface area (Å²) in [4.78, 5) is 44.6. The van der Waals surface area contributed by atoms with E-state index in [-0.39, 0.29) is 24.1 Å². The van der Waals surface area contributed by atoms with E-state index in [2.05, 4.69) is 11.4 Å². The van der Waals surface area contributed by atoms with Crippen LogP contribution in [-0.4, -0.2) is 40.7 Å². The van der Waals surface area contributed by atoms with E-state index in [9.17, 15) is 14.4 Å². The molecule has 42 heavy (non-hydrogen) atoms. The first kappa shape index (κ1) is 29.1. The van der Waals surface area contributed by atoms with Crippen molar-refractivity contribution < 1.29 is 14.4 Å². The quantitative estimate of drug-likeness (QED) is 0.242. The molecule has 0 saturated carbocycles. The van der Waals surface area contributed by atoms with Gasteiger partial charge in [0.2, 0.25) is 11.8 Å². The molecule has 0 fully saturated rings. The molecule has 4 aromatic carbocycles. The van der Waals surface area contributed by atoms with Gasteiger partial charge in [-0.05, 0) is 62.8 Å². The largest absolute Gasteiger partial charge is 0.350 e. The van der Waals surface area contributed by atoms with E-state index in [1.165, 1.54) is 0 Å². The van der Waals surface area contributed by atoms with Crippen LogP contribution in [0, 0.1) is 6.92 Å². The number of hydrogen-bond acceptors (Lipinski definition) is 3. The first-order valence-electron chi connectivity index (χ1n) is 14.7. The fraction of sp³-hybridized carbons (Fsp3) is 0.306. The lowest BCUT2D eigenvalue weighted by molar-refractivity contribution is -0.142. The summed E-state index contributed by atoms with van der Waals surface area (Å²) < 4.78 is 0. The van der Waals surface area contributed by atoms with Gasteiger partial charge in [0.25, 0.3) is 5.91 Å². The van der Waals surface area contributed by atoms with Gasteiger partial charge in [-0.2, -0.15) is 0 Å². The van der Waals surface area contributed by atoms with Gasteiger partial charge in [-0.1, -0.05) is 84.4 Å². The number of carbonyl (C=O) groups excluding carboxylic acids is 3. The molecule has 1 aliphatic rings. The van der Waals surface area contributed by atoms with Gasteiger partial charge in [-0.25, -0.2) is 0 Å². The number of rotatable bonds is 10. The molecule has 0 spiro atoms. The predicted molar refractivity (Wildman–Crippen MR) is 168 cm³/mol. The Hall–Kier alpha value is -4.45. The van der Waals surface area contributed by atoms with Crippen molar-refractivity contribution >= 4 is 34.2 Å². The SMILES string of the molecule is Cc1cccc(CN(C(=O)CCCN2C(=O)c3cccc4cccc2c34)[C@@H](Cc2ccccc2)C(=O)NC(C)(C)C)c1. The number of aryl methyl sites for hydroxylation is 1. The summed E-state index contributed by atoms with van der Waals surface area (Å²) >= 11 is 0. The highest BCUT2D eigenvalue weighted by Crippen LogP contribution is 2.37. The van der Waals surface area contributed by atoms with Crippen LogP contribution in [0.15, 0.2) is 91.0 Å². The Balaban J connectivity index is 1.39. The summed E-state index contributed by atoms with van der Waals surface area (Å²) in [5.41, 5.74) is 4.21. The first-order chi connectivity index (χ1) is 20.1. The highest BCUT2D eigenvalue weighted by atomic mass is 16.2. The highest BCUT2D eigenvalue weighted by Gasteiger charge is 2.33. The first-order valence-corrected chi connectivity index (χ1v) is 14.7. The molecule has 0 unspecified atom stereocenters. The number of benzene rings is 4. The second-order valence-electron chi connectivity index (χ2n) is 12.2. The smallest absolute Gasteiger partial charge is 0.258 e. The van der Waals surface area contributed by atoms with Gasteiger partial charge in [0.05, 0.1) is 5.69 Å². The zero-order chi connectivity index (χ0) is 29.9. The molecule has 0 bridgehead atoms. The Morgan fingerprint density at radius 3 is 2.29 bits per heavy atom. The monoisotopic (exact) mass is 561 g/mol. The van der Waals surface area contributed by atoms with Crippen LogP contribution in [0.2, 0.25) is 0 Å². The Kier molecular flexibility index (Phi) is 8.44. The third kappa shape index (κ3) is 6.54. The Bertz CT molecular complexity index is 1600. The highest BCUT2D eigenvalue weighted by molar-refractivity contribution is 6.25. The summed E-state index contributed by atoms with van der Waals surface area (Å²) in [7, 11) is 0. The molecular weight excluding hydrogens is 522 g/mol. The fourth-order valence-electron chi connectivity index (χ4n) is 5.75. The number of amides is 3. The number of nitrogens with zero attached hydrogens (tertiary/aromatic N) is 2. The Labute approximate surface area is 248 Å². The van der Waals surface area contributed by atoms with Crippen molar-refractivity contribution in [1.29, 1.82) is 0 Å². The Morgan fingerprint density at radius 2 is 1.57 bits per heavy atom. The lowest BCUT2D eigenvalue weighted by atomic mass is 10.00. The van der Waals surface area contributed by atoms with Crippen LogP contribution in [-0.2, 0) is 22.6 Å². The van der Waals surface area contributed by atoms with Crippen LogP contribution >= 0.6 is 0 Å². The standard InChI is InChI=1S/C36H39N3O3/c1-25-12-8-15-27(22-25)24-39(31(34(41)37-36(2,3)4)23-26-13-6-5-7-14-26)32(40)20-11-21-38-30-19-10-17-28-16-9-18-29(33(28)30)35(38)42/h5-10,12-19,22,31H,11,20-21,23-24H2,1-4H3,(H,37,41)/t31-/m0/s1. The molecule has 0 aromatic heterocycles. The normalized spacial score (nSPS) is 13.3. The van der Waals surface area contributed by atoms with Gasteiger partial charge in [0.15, 0.2) is 0 Å². The average Bonchev–Trinajstić information content (AvgIpc) is 3.22. The van der Waals surface area contributed by atoms with Crippen LogP contribution in [0.3, 0.4) is 0 Å². The minimum Gasteiger partial charge on any atom is -0.350 e. The van der Waals surface area contributed by atoms with Gasteiger partial charge < -0.3 is 15.1 Å². The lowest BCUT2D eigenvalue weighted by Gasteiger charge is -2.34. The summed E-state index contributed by atoms with van der Waals surface area (Å²) in [6.07, 6.45) is 1.11. The van der Waals surface area contributed by atoms with E-state index < -0.39 is 11.6 Å². The van der Waals surface area contributed by atoms with Gasteiger partial charge in [-0.15, -0.1) is 0 Å². The second-order valence-corrected chi connectivity index (χ2v) is 12.2. The zero-order valence-electron chi connectivity index (χ0n) is 24.9. The molecule has 216 valence electrons. The fourth-order valence-corrected chi connectivity index (χ4v) is 5.75. The number of nitrogens with one attached hydrogen (secondary N) is 1. The van der Waals surface area contributed by atoms with E-state index in [1.54, 1.807) is 9.80 Å². The zero-order valence-corrected chi connectivity index (χ0v) is 24.9. The summed E-state index contributed by atoms with van der Waals surface area (Å²) in [5, 5.41) is 5.12. The van der Waals surface area contributed by atoms with E-state index in [0.717, 1.165) is 33.2 Å². The molecule has 0 aliphatic carbocycles. The molecule has 1 atom stereocenters. The van der Waals surface area contributed by atoms with Gasteiger partial charge in [-0.3, -0.25) is 14.4 Å².